The van der Waals surface area contributed by atoms with Crippen molar-refractivity contribution in [3.63, 3.8) is 0 Å². The molecule has 0 aliphatic carbocycles. The zero-order chi connectivity index (χ0) is 12.1. The summed E-state index contributed by atoms with van der Waals surface area (Å²) in [4.78, 5) is 21.7. The molecule has 0 unspecified atom stereocenters. The third-order valence-corrected chi connectivity index (χ3v) is 1.58. The molecule has 0 atom stereocenters. The lowest BCUT2D eigenvalue weighted by Crippen LogP contribution is -2.11. The predicted octanol–water partition coefficient (Wildman–Crippen LogP) is -0.563. The predicted molar refractivity (Wildman–Crippen MR) is 52.4 cm³/mol. The normalized spacial score (nSPS) is 9.88. The molecule has 1 rings (SSSR count). The molecule has 88 valence electrons. The minimum absolute atomic E-state index is 0.0675. The SMILES string of the molecule is CC(=O)Nc1n[nH]c(OCCO)c1C(=O)O. The van der Waals surface area contributed by atoms with Gasteiger partial charge in [0.2, 0.25) is 11.8 Å². The molecule has 0 spiro atoms. The molecule has 0 radical (unpaired) electrons. The summed E-state index contributed by atoms with van der Waals surface area (Å²) in [5, 5.41) is 25.6. The van der Waals surface area contributed by atoms with Gasteiger partial charge in [0.1, 0.15) is 6.61 Å². The number of hydrogen-bond donors (Lipinski definition) is 4. The van der Waals surface area contributed by atoms with E-state index in [-0.39, 0.29) is 30.5 Å². The van der Waals surface area contributed by atoms with Crippen molar-refractivity contribution in [3.05, 3.63) is 5.56 Å². The van der Waals surface area contributed by atoms with Gasteiger partial charge in [-0.2, -0.15) is 5.10 Å². The molecule has 16 heavy (non-hydrogen) atoms. The lowest BCUT2D eigenvalue weighted by molar-refractivity contribution is -0.114. The second-order valence-corrected chi connectivity index (χ2v) is 2.83. The van der Waals surface area contributed by atoms with Gasteiger partial charge in [0.15, 0.2) is 11.4 Å². The fourth-order valence-electron chi connectivity index (χ4n) is 1.03. The van der Waals surface area contributed by atoms with Crippen LogP contribution in [0.3, 0.4) is 0 Å². The zero-order valence-corrected chi connectivity index (χ0v) is 8.48. The van der Waals surface area contributed by atoms with Gasteiger partial charge in [0.25, 0.3) is 0 Å². The standard InChI is InChI=1S/C8H11N3O5/c1-4(13)9-6-5(8(14)15)7(11-10-6)16-3-2-12/h12H,2-3H2,1H3,(H,14,15)(H2,9,10,11,13). The number of carbonyl (C=O) groups excluding carboxylic acids is 1. The number of hydrogen-bond acceptors (Lipinski definition) is 5. The highest BCUT2D eigenvalue weighted by molar-refractivity contribution is 6.00. The van der Waals surface area contributed by atoms with Crippen LogP contribution in [-0.2, 0) is 4.79 Å². The molecule has 1 aromatic rings. The van der Waals surface area contributed by atoms with Crippen LogP contribution < -0.4 is 10.1 Å². The van der Waals surface area contributed by atoms with Crippen molar-refractivity contribution in [3.8, 4) is 5.88 Å². The Morgan fingerprint density at radius 1 is 1.56 bits per heavy atom. The quantitative estimate of drug-likeness (QED) is 0.536. The van der Waals surface area contributed by atoms with Gasteiger partial charge in [0, 0.05) is 6.92 Å². The maximum absolute atomic E-state index is 10.9. The number of anilines is 1. The van der Waals surface area contributed by atoms with Crippen molar-refractivity contribution in [2.24, 2.45) is 0 Å². The van der Waals surface area contributed by atoms with E-state index < -0.39 is 11.9 Å². The number of aromatic amines is 1. The van der Waals surface area contributed by atoms with Gasteiger partial charge in [0.05, 0.1) is 6.61 Å². The number of aliphatic hydroxyl groups is 1. The van der Waals surface area contributed by atoms with Crippen molar-refractivity contribution >= 4 is 17.7 Å². The average Bonchev–Trinajstić information content (AvgIpc) is 2.56. The monoisotopic (exact) mass is 229 g/mol. The minimum atomic E-state index is -1.29. The Labute approximate surface area is 90.2 Å². The van der Waals surface area contributed by atoms with E-state index >= 15 is 0 Å². The van der Waals surface area contributed by atoms with Crippen molar-refractivity contribution < 1.29 is 24.5 Å². The third kappa shape index (κ3) is 2.70. The van der Waals surface area contributed by atoms with Crippen LogP contribution in [0.5, 0.6) is 5.88 Å². The van der Waals surface area contributed by atoms with Gasteiger partial charge in [-0.25, -0.2) is 9.89 Å². The van der Waals surface area contributed by atoms with Crippen LogP contribution in [0.2, 0.25) is 0 Å². The molecular formula is C8H11N3O5. The van der Waals surface area contributed by atoms with Gasteiger partial charge in [-0.3, -0.25) is 4.79 Å². The summed E-state index contributed by atoms with van der Waals surface area (Å²) < 4.78 is 4.91. The summed E-state index contributed by atoms with van der Waals surface area (Å²) >= 11 is 0. The minimum Gasteiger partial charge on any atom is -0.477 e. The molecule has 0 aliphatic heterocycles. The van der Waals surface area contributed by atoms with Crippen LogP contribution in [0.4, 0.5) is 5.82 Å². The molecule has 0 saturated heterocycles. The van der Waals surface area contributed by atoms with E-state index in [1.165, 1.54) is 6.92 Å². The zero-order valence-electron chi connectivity index (χ0n) is 8.48. The number of aliphatic hydroxyl groups excluding tert-OH is 1. The maximum Gasteiger partial charge on any atom is 0.345 e. The van der Waals surface area contributed by atoms with E-state index in [1.807, 2.05) is 0 Å². The van der Waals surface area contributed by atoms with Crippen molar-refractivity contribution in [1.29, 1.82) is 0 Å². The molecule has 0 aromatic carbocycles. The summed E-state index contributed by atoms with van der Waals surface area (Å²) in [6.07, 6.45) is 0. The number of rotatable bonds is 5. The van der Waals surface area contributed by atoms with Crippen LogP contribution in [0.15, 0.2) is 0 Å². The van der Waals surface area contributed by atoms with Crippen LogP contribution >= 0.6 is 0 Å². The lowest BCUT2D eigenvalue weighted by atomic mass is 10.3. The van der Waals surface area contributed by atoms with Gasteiger partial charge < -0.3 is 20.3 Å². The van der Waals surface area contributed by atoms with E-state index in [0.29, 0.717) is 0 Å². The van der Waals surface area contributed by atoms with Crippen molar-refractivity contribution in [2.45, 2.75) is 6.92 Å². The van der Waals surface area contributed by atoms with E-state index in [2.05, 4.69) is 15.5 Å². The first-order valence-electron chi connectivity index (χ1n) is 4.39. The fourth-order valence-corrected chi connectivity index (χ4v) is 1.03. The molecule has 1 aromatic heterocycles. The van der Waals surface area contributed by atoms with Gasteiger partial charge >= 0.3 is 5.97 Å². The molecule has 0 aliphatic rings. The van der Waals surface area contributed by atoms with Crippen LogP contribution in [0.1, 0.15) is 17.3 Å². The largest absolute Gasteiger partial charge is 0.477 e. The van der Waals surface area contributed by atoms with E-state index in [1.54, 1.807) is 0 Å². The number of nitrogens with one attached hydrogen (secondary N) is 2. The molecule has 0 saturated carbocycles. The highest BCUT2D eigenvalue weighted by Crippen LogP contribution is 2.23. The smallest absolute Gasteiger partial charge is 0.345 e. The maximum atomic E-state index is 10.9. The molecule has 4 N–H and O–H groups in total. The van der Waals surface area contributed by atoms with Gasteiger partial charge in [-0.05, 0) is 0 Å². The molecule has 1 amide bonds. The lowest BCUT2D eigenvalue weighted by Gasteiger charge is -2.02. The second kappa shape index (κ2) is 5.12. The molecule has 8 nitrogen and oxygen atoms in total. The highest BCUT2D eigenvalue weighted by Gasteiger charge is 2.21. The van der Waals surface area contributed by atoms with E-state index in [9.17, 15) is 9.59 Å². The molecule has 1 heterocycles. The summed E-state index contributed by atoms with van der Waals surface area (Å²) in [6.45, 7) is 0.907. The molecular weight excluding hydrogens is 218 g/mol. The number of ether oxygens (including phenoxy) is 1. The first-order chi connectivity index (χ1) is 7.56. The molecule has 0 fully saturated rings. The number of aromatic carboxylic acids is 1. The number of carboxylic acids is 1. The Morgan fingerprint density at radius 2 is 2.25 bits per heavy atom. The topological polar surface area (TPSA) is 125 Å². The number of aromatic nitrogens is 2. The second-order valence-electron chi connectivity index (χ2n) is 2.83. The number of carbonyl (C=O) groups is 2. The summed E-state index contributed by atoms with van der Waals surface area (Å²) in [6, 6.07) is 0. The third-order valence-electron chi connectivity index (χ3n) is 1.58. The average molecular weight is 229 g/mol. The first-order valence-corrected chi connectivity index (χ1v) is 4.39. The number of amides is 1. The van der Waals surface area contributed by atoms with E-state index in [4.69, 9.17) is 14.9 Å². The Balaban J connectivity index is 2.97. The summed E-state index contributed by atoms with van der Waals surface area (Å²) in [5.74, 6) is -1.95. The number of carboxylic acid groups (broad SMARTS) is 1. The van der Waals surface area contributed by atoms with Crippen LogP contribution in [-0.4, -0.2) is 45.5 Å². The molecule has 0 bridgehead atoms. The Kier molecular flexibility index (Phi) is 3.84. The molecule has 8 heteroatoms. The van der Waals surface area contributed by atoms with Crippen molar-refractivity contribution in [1.82, 2.24) is 10.2 Å². The first kappa shape index (κ1) is 12.0. The van der Waals surface area contributed by atoms with Crippen LogP contribution in [0, 0.1) is 0 Å². The number of nitrogens with zero attached hydrogens (tertiary/aromatic N) is 1. The summed E-state index contributed by atoms with van der Waals surface area (Å²) in [7, 11) is 0. The number of H-pyrrole nitrogens is 1. The fraction of sp³-hybridized carbons (Fsp3) is 0.375. The van der Waals surface area contributed by atoms with Crippen molar-refractivity contribution in [2.75, 3.05) is 18.5 Å². The van der Waals surface area contributed by atoms with Gasteiger partial charge in [-0.15, -0.1) is 0 Å². The Bertz CT molecular complexity index is 400. The van der Waals surface area contributed by atoms with Gasteiger partial charge in [-0.1, -0.05) is 0 Å². The Hall–Kier alpha value is -2.09. The highest BCUT2D eigenvalue weighted by atomic mass is 16.5. The Morgan fingerprint density at radius 3 is 2.75 bits per heavy atom. The van der Waals surface area contributed by atoms with E-state index in [0.717, 1.165) is 0 Å². The van der Waals surface area contributed by atoms with Crippen LogP contribution in [0.25, 0.3) is 0 Å². The summed E-state index contributed by atoms with van der Waals surface area (Å²) in [5.41, 5.74) is -0.274.